The number of aliphatic hydroxyl groups excluding tert-OH is 1. The summed E-state index contributed by atoms with van der Waals surface area (Å²) in [5.74, 6) is 1.80. The highest BCUT2D eigenvalue weighted by atomic mass is 35.5. The topological polar surface area (TPSA) is 29.5 Å². The molecule has 90 valence electrons. The third kappa shape index (κ3) is 4.24. The van der Waals surface area contributed by atoms with Gasteiger partial charge in [0.15, 0.2) is 0 Å². The molecule has 0 aliphatic carbocycles. The van der Waals surface area contributed by atoms with Gasteiger partial charge in [0.2, 0.25) is 0 Å². The van der Waals surface area contributed by atoms with E-state index in [1.165, 1.54) is 0 Å². The molecule has 1 rings (SSSR count). The largest absolute Gasteiger partial charge is 0.493 e. The van der Waals surface area contributed by atoms with Crippen LogP contribution in [0.1, 0.15) is 25.0 Å². The zero-order chi connectivity index (χ0) is 12.0. The molecule has 0 aliphatic rings. The van der Waals surface area contributed by atoms with Crippen LogP contribution in [0.3, 0.4) is 0 Å². The molecule has 0 radical (unpaired) electrons. The van der Waals surface area contributed by atoms with Gasteiger partial charge in [0.05, 0.1) is 12.7 Å². The summed E-state index contributed by atoms with van der Waals surface area (Å²) < 4.78 is 5.62. The van der Waals surface area contributed by atoms with Crippen LogP contribution in [0.4, 0.5) is 0 Å². The molecule has 0 aromatic heterocycles. The number of benzene rings is 1. The Morgan fingerprint density at radius 3 is 2.88 bits per heavy atom. The van der Waals surface area contributed by atoms with Crippen molar-refractivity contribution in [2.24, 2.45) is 0 Å². The fourth-order valence-electron chi connectivity index (χ4n) is 1.36. The molecule has 1 N–H and O–H groups in total. The van der Waals surface area contributed by atoms with Crippen molar-refractivity contribution in [1.82, 2.24) is 0 Å². The molecular weight excluding hydrogens is 244 g/mol. The van der Waals surface area contributed by atoms with Crippen LogP contribution in [-0.2, 0) is 0 Å². The third-order valence-corrected chi connectivity index (χ3v) is 3.10. The van der Waals surface area contributed by atoms with Crippen LogP contribution < -0.4 is 4.74 Å². The number of hydrogen-bond donors (Lipinski definition) is 1. The lowest BCUT2D eigenvalue weighted by atomic mass is 10.1. The molecule has 2 nitrogen and oxygen atoms in total. The number of ether oxygens (including phenoxy) is 1. The van der Waals surface area contributed by atoms with E-state index in [-0.39, 0.29) is 0 Å². The second-order valence-corrected chi connectivity index (χ2v) is 4.97. The Bertz CT molecular complexity index is 329. The van der Waals surface area contributed by atoms with Gasteiger partial charge in [-0.1, -0.05) is 11.6 Å². The zero-order valence-corrected chi connectivity index (χ0v) is 11.1. The predicted molar refractivity (Wildman–Crippen MR) is 70.6 cm³/mol. The minimum atomic E-state index is -0.561. The van der Waals surface area contributed by atoms with E-state index in [0.717, 1.165) is 23.5 Å². The average molecular weight is 261 g/mol. The molecule has 0 saturated heterocycles. The maximum absolute atomic E-state index is 9.59. The van der Waals surface area contributed by atoms with Crippen LogP contribution in [0.25, 0.3) is 0 Å². The summed E-state index contributed by atoms with van der Waals surface area (Å²) in [4.78, 5) is 0. The summed E-state index contributed by atoms with van der Waals surface area (Å²) in [6.45, 7) is 2.38. The predicted octanol–water partition coefficient (Wildman–Crippen LogP) is 3.53. The molecule has 0 aliphatic heterocycles. The van der Waals surface area contributed by atoms with E-state index in [9.17, 15) is 5.11 Å². The first-order chi connectivity index (χ1) is 7.65. The van der Waals surface area contributed by atoms with E-state index in [0.29, 0.717) is 11.6 Å². The molecule has 1 aromatic carbocycles. The van der Waals surface area contributed by atoms with Crippen molar-refractivity contribution in [2.45, 2.75) is 19.4 Å². The zero-order valence-electron chi connectivity index (χ0n) is 9.57. The number of halogens is 1. The molecule has 4 heteroatoms. The summed E-state index contributed by atoms with van der Waals surface area (Å²) in [6.07, 6.45) is 2.52. The van der Waals surface area contributed by atoms with Crippen molar-refractivity contribution in [1.29, 1.82) is 0 Å². The Kier molecular flexibility index (Phi) is 6.03. The number of hydrogen-bond acceptors (Lipinski definition) is 3. The van der Waals surface area contributed by atoms with Gasteiger partial charge in [0.25, 0.3) is 0 Å². The number of thioether (sulfide) groups is 1. The van der Waals surface area contributed by atoms with E-state index in [2.05, 4.69) is 6.26 Å². The average Bonchev–Trinajstić information content (AvgIpc) is 2.26. The first-order valence-electron chi connectivity index (χ1n) is 5.24. The molecule has 1 aromatic rings. The summed E-state index contributed by atoms with van der Waals surface area (Å²) in [7, 11) is 0. The van der Waals surface area contributed by atoms with Crippen molar-refractivity contribution < 1.29 is 9.84 Å². The van der Waals surface area contributed by atoms with Crippen molar-refractivity contribution in [3.8, 4) is 5.75 Å². The van der Waals surface area contributed by atoms with Crippen LogP contribution in [-0.4, -0.2) is 23.7 Å². The molecular formula is C12H17ClO2S. The van der Waals surface area contributed by atoms with Crippen molar-refractivity contribution >= 4 is 23.4 Å². The Labute approximate surface area is 106 Å². The van der Waals surface area contributed by atoms with Gasteiger partial charge in [0.1, 0.15) is 5.75 Å². The van der Waals surface area contributed by atoms with E-state index >= 15 is 0 Å². The lowest BCUT2D eigenvalue weighted by molar-refractivity contribution is 0.191. The van der Waals surface area contributed by atoms with Crippen molar-refractivity contribution in [3.05, 3.63) is 28.8 Å². The van der Waals surface area contributed by atoms with Gasteiger partial charge in [-0.2, -0.15) is 11.8 Å². The summed E-state index contributed by atoms with van der Waals surface area (Å²) in [5.41, 5.74) is 0.747. The molecule has 0 spiro atoms. The van der Waals surface area contributed by atoms with E-state index in [4.69, 9.17) is 16.3 Å². The fraction of sp³-hybridized carbons (Fsp3) is 0.500. The molecule has 0 amide bonds. The Morgan fingerprint density at radius 1 is 1.50 bits per heavy atom. The lowest BCUT2D eigenvalue weighted by Crippen LogP contribution is -2.03. The van der Waals surface area contributed by atoms with Crippen LogP contribution >= 0.6 is 23.4 Å². The first-order valence-corrected chi connectivity index (χ1v) is 7.01. The molecule has 16 heavy (non-hydrogen) atoms. The standard InChI is InChI=1S/C12H17ClO2S/c1-9(14)11-8-10(13)4-5-12(11)15-6-3-7-16-2/h4-5,8-9,14H,3,6-7H2,1-2H3. The van der Waals surface area contributed by atoms with Crippen molar-refractivity contribution in [2.75, 3.05) is 18.6 Å². The Hall–Kier alpha value is -0.380. The minimum absolute atomic E-state index is 0.561. The van der Waals surface area contributed by atoms with Gasteiger partial charge in [-0.15, -0.1) is 0 Å². The summed E-state index contributed by atoms with van der Waals surface area (Å²) in [6, 6.07) is 5.33. The molecule has 0 bridgehead atoms. The Balaban J connectivity index is 2.64. The highest BCUT2D eigenvalue weighted by Gasteiger charge is 2.09. The Morgan fingerprint density at radius 2 is 2.25 bits per heavy atom. The van der Waals surface area contributed by atoms with Gasteiger partial charge in [-0.3, -0.25) is 0 Å². The van der Waals surface area contributed by atoms with Crippen LogP contribution in [0.2, 0.25) is 5.02 Å². The van der Waals surface area contributed by atoms with Gasteiger partial charge in [-0.25, -0.2) is 0 Å². The second kappa shape index (κ2) is 7.05. The molecule has 1 unspecified atom stereocenters. The monoisotopic (exact) mass is 260 g/mol. The first kappa shape index (κ1) is 13.7. The smallest absolute Gasteiger partial charge is 0.125 e. The highest BCUT2D eigenvalue weighted by molar-refractivity contribution is 7.98. The van der Waals surface area contributed by atoms with Crippen LogP contribution in [0, 0.1) is 0 Å². The molecule has 0 saturated carbocycles. The normalized spacial score (nSPS) is 12.5. The molecule has 0 fully saturated rings. The maximum Gasteiger partial charge on any atom is 0.125 e. The quantitative estimate of drug-likeness (QED) is 0.794. The number of rotatable bonds is 6. The maximum atomic E-state index is 9.59. The van der Waals surface area contributed by atoms with Crippen LogP contribution in [0.5, 0.6) is 5.75 Å². The van der Waals surface area contributed by atoms with Crippen LogP contribution in [0.15, 0.2) is 18.2 Å². The van der Waals surface area contributed by atoms with E-state index < -0.39 is 6.10 Å². The lowest BCUT2D eigenvalue weighted by Gasteiger charge is -2.13. The second-order valence-electron chi connectivity index (χ2n) is 3.55. The van der Waals surface area contributed by atoms with Gasteiger partial charge >= 0.3 is 0 Å². The third-order valence-electron chi connectivity index (χ3n) is 2.17. The number of aliphatic hydroxyl groups is 1. The van der Waals surface area contributed by atoms with Gasteiger partial charge < -0.3 is 9.84 Å². The molecule has 0 heterocycles. The summed E-state index contributed by atoms with van der Waals surface area (Å²) in [5, 5.41) is 10.2. The SMILES string of the molecule is CSCCCOc1ccc(Cl)cc1C(C)O. The highest BCUT2D eigenvalue weighted by Crippen LogP contribution is 2.28. The van der Waals surface area contributed by atoms with E-state index in [1.807, 2.05) is 6.07 Å². The molecule has 1 atom stereocenters. The fourth-order valence-corrected chi connectivity index (χ4v) is 1.95. The minimum Gasteiger partial charge on any atom is -0.493 e. The van der Waals surface area contributed by atoms with Gasteiger partial charge in [-0.05, 0) is 43.6 Å². The summed E-state index contributed by atoms with van der Waals surface area (Å²) >= 11 is 7.67. The van der Waals surface area contributed by atoms with Gasteiger partial charge in [0, 0.05) is 10.6 Å². The van der Waals surface area contributed by atoms with E-state index in [1.54, 1.807) is 30.8 Å². The van der Waals surface area contributed by atoms with Crippen molar-refractivity contribution in [3.63, 3.8) is 0 Å².